The topological polar surface area (TPSA) is 131 Å². The second-order valence-electron chi connectivity index (χ2n) is 7.96. The molecule has 36 heavy (non-hydrogen) atoms. The molecule has 4 aromatic rings. The van der Waals surface area contributed by atoms with Crippen LogP contribution < -0.4 is 4.90 Å². The molecule has 1 heterocycles. The Labute approximate surface area is 203 Å². The minimum atomic E-state index is -0.631. The zero-order chi connectivity index (χ0) is 25.4. The molecule has 0 unspecified atom stereocenters. The fraction of sp³-hybridized carbons (Fsp3) is 0.0370. The number of carbonyl (C=O) groups is 3. The fourth-order valence-electron chi connectivity index (χ4n) is 4.20. The van der Waals surface area contributed by atoms with E-state index in [9.17, 15) is 24.5 Å². The smallest absolute Gasteiger partial charge is 0.338 e. The lowest BCUT2D eigenvalue weighted by molar-refractivity contribution is -0.383. The van der Waals surface area contributed by atoms with E-state index in [0.29, 0.717) is 11.1 Å². The van der Waals surface area contributed by atoms with Gasteiger partial charge in [0.15, 0.2) is 0 Å². The van der Waals surface area contributed by atoms with Gasteiger partial charge >= 0.3 is 5.97 Å². The number of nitro groups is 1. The molecule has 0 N–H and O–H groups in total. The van der Waals surface area contributed by atoms with Gasteiger partial charge in [-0.25, -0.2) is 9.69 Å². The van der Waals surface area contributed by atoms with Crippen LogP contribution in [0.15, 0.2) is 78.9 Å². The van der Waals surface area contributed by atoms with Crippen LogP contribution in [0, 0.1) is 21.4 Å². The average molecular weight is 477 g/mol. The van der Waals surface area contributed by atoms with Crippen molar-refractivity contribution >= 4 is 39.9 Å². The third-order valence-electron chi connectivity index (χ3n) is 5.94. The normalized spacial score (nSPS) is 12.4. The Balaban J connectivity index is 1.41. The van der Waals surface area contributed by atoms with Gasteiger partial charge < -0.3 is 4.74 Å². The number of esters is 1. The molecule has 4 aromatic carbocycles. The first-order valence-corrected chi connectivity index (χ1v) is 10.7. The number of nitro benzene ring substituents is 1. The second-order valence-corrected chi connectivity index (χ2v) is 7.96. The zero-order valence-corrected chi connectivity index (χ0v) is 18.5. The van der Waals surface area contributed by atoms with Crippen LogP contribution in [0.25, 0.3) is 10.8 Å². The molecular formula is C27H15N3O6. The van der Waals surface area contributed by atoms with Crippen LogP contribution in [0.2, 0.25) is 0 Å². The van der Waals surface area contributed by atoms with Crippen molar-refractivity contribution in [2.24, 2.45) is 0 Å². The van der Waals surface area contributed by atoms with Crippen molar-refractivity contribution in [3.8, 4) is 6.07 Å². The predicted octanol–water partition coefficient (Wildman–Crippen LogP) is 4.78. The molecule has 1 aliphatic rings. The highest BCUT2D eigenvalue weighted by molar-refractivity contribution is 6.36. The highest BCUT2D eigenvalue weighted by Crippen LogP contribution is 2.36. The van der Waals surface area contributed by atoms with Crippen LogP contribution in [0.4, 0.5) is 11.4 Å². The Hall–Kier alpha value is -5.36. The molecule has 0 spiro atoms. The maximum Gasteiger partial charge on any atom is 0.338 e. The van der Waals surface area contributed by atoms with Gasteiger partial charge in [0.25, 0.3) is 17.5 Å². The molecule has 5 rings (SSSR count). The maximum atomic E-state index is 13.3. The predicted molar refractivity (Wildman–Crippen MR) is 128 cm³/mol. The van der Waals surface area contributed by atoms with Gasteiger partial charge in [-0.3, -0.25) is 19.7 Å². The van der Waals surface area contributed by atoms with Gasteiger partial charge in [0.2, 0.25) is 0 Å². The molecule has 174 valence electrons. The van der Waals surface area contributed by atoms with E-state index in [1.54, 1.807) is 24.3 Å². The van der Waals surface area contributed by atoms with Crippen LogP contribution in [-0.4, -0.2) is 22.7 Å². The van der Waals surface area contributed by atoms with Crippen molar-refractivity contribution in [2.45, 2.75) is 6.61 Å². The van der Waals surface area contributed by atoms with E-state index in [1.807, 2.05) is 6.07 Å². The van der Waals surface area contributed by atoms with Gasteiger partial charge in [0.1, 0.15) is 6.61 Å². The summed E-state index contributed by atoms with van der Waals surface area (Å²) in [5, 5.41) is 21.0. The summed E-state index contributed by atoms with van der Waals surface area (Å²) in [5.41, 5.74) is 1.56. The number of amides is 2. The Kier molecular flexibility index (Phi) is 5.47. The Bertz CT molecular complexity index is 1610. The van der Waals surface area contributed by atoms with Crippen LogP contribution in [0.1, 0.15) is 42.2 Å². The van der Waals surface area contributed by atoms with Gasteiger partial charge in [0, 0.05) is 28.1 Å². The minimum Gasteiger partial charge on any atom is -0.457 e. The summed E-state index contributed by atoms with van der Waals surface area (Å²) in [6.45, 7) is -0.0830. The first-order chi connectivity index (χ1) is 17.4. The molecule has 0 aliphatic carbocycles. The Morgan fingerprint density at radius 3 is 2.31 bits per heavy atom. The van der Waals surface area contributed by atoms with Crippen LogP contribution in [0.3, 0.4) is 0 Å². The summed E-state index contributed by atoms with van der Waals surface area (Å²) in [6.07, 6.45) is 0. The lowest BCUT2D eigenvalue weighted by Gasteiger charge is -2.27. The first kappa shape index (κ1) is 22.4. The summed E-state index contributed by atoms with van der Waals surface area (Å²) < 4.78 is 5.31. The number of anilines is 1. The van der Waals surface area contributed by atoms with E-state index in [-0.39, 0.29) is 45.4 Å². The highest BCUT2D eigenvalue weighted by atomic mass is 16.6. The largest absolute Gasteiger partial charge is 0.457 e. The van der Waals surface area contributed by atoms with Gasteiger partial charge in [0.05, 0.1) is 33.2 Å². The lowest BCUT2D eigenvalue weighted by Crippen LogP contribution is -2.40. The van der Waals surface area contributed by atoms with Gasteiger partial charge in [-0.05, 0) is 48.5 Å². The monoisotopic (exact) mass is 477 g/mol. The molecule has 0 saturated heterocycles. The lowest BCUT2D eigenvalue weighted by atomic mass is 9.92. The number of hydrogen-bond acceptors (Lipinski definition) is 7. The highest BCUT2D eigenvalue weighted by Gasteiger charge is 2.35. The van der Waals surface area contributed by atoms with E-state index in [1.165, 1.54) is 54.6 Å². The van der Waals surface area contributed by atoms with Crippen LogP contribution in [-0.2, 0) is 11.3 Å². The first-order valence-electron chi connectivity index (χ1n) is 10.7. The summed E-state index contributed by atoms with van der Waals surface area (Å²) in [5.74, 6) is -1.88. The summed E-state index contributed by atoms with van der Waals surface area (Å²) in [7, 11) is 0. The van der Waals surface area contributed by atoms with E-state index in [0.717, 1.165) is 4.90 Å². The van der Waals surface area contributed by atoms with Gasteiger partial charge in [-0.1, -0.05) is 24.3 Å². The summed E-state index contributed by atoms with van der Waals surface area (Å²) in [6, 6.07) is 21.7. The van der Waals surface area contributed by atoms with Gasteiger partial charge in [-0.2, -0.15) is 5.26 Å². The van der Waals surface area contributed by atoms with Crippen molar-refractivity contribution < 1.29 is 24.0 Å². The van der Waals surface area contributed by atoms with E-state index in [2.05, 4.69) is 0 Å². The number of nitrogens with zero attached hydrogens (tertiary/aromatic N) is 3. The zero-order valence-electron chi connectivity index (χ0n) is 18.5. The Morgan fingerprint density at radius 1 is 0.917 bits per heavy atom. The van der Waals surface area contributed by atoms with Crippen molar-refractivity contribution in [2.75, 3.05) is 4.90 Å². The van der Waals surface area contributed by atoms with Gasteiger partial charge in [-0.15, -0.1) is 0 Å². The van der Waals surface area contributed by atoms with E-state index < -0.39 is 22.7 Å². The average Bonchev–Trinajstić information content (AvgIpc) is 2.90. The summed E-state index contributed by atoms with van der Waals surface area (Å²) >= 11 is 0. The molecule has 9 nitrogen and oxygen atoms in total. The number of ether oxygens (including phenoxy) is 1. The molecule has 0 radical (unpaired) electrons. The number of rotatable bonds is 5. The minimum absolute atomic E-state index is 0.0830. The maximum absolute atomic E-state index is 13.3. The number of benzene rings is 4. The number of non-ortho nitro benzene ring substituents is 1. The standard InChI is InChI=1S/C27H15N3O6/c28-14-17-4-1-2-5-18(17)15-36-27(33)16-8-10-19(11-9-16)29-25(31)21-7-3-6-20-23(30(34)35)13-12-22(24(20)21)26(29)32/h1-13H,15H2. The van der Waals surface area contributed by atoms with Crippen LogP contribution in [0.5, 0.6) is 0 Å². The Morgan fingerprint density at radius 2 is 1.61 bits per heavy atom. The van der Waals surface area contributed by atoms with E-state index in [4.69, 9.17) is 10.00 Å². The van der Waals surface area contributed by atoms with Crippen molar-refractivity contribution in [1.82, 2.24) is 0 Å². The SMILES string of the molecule is N#Cc1ccccc1COC(=O)c1ccc(N2C(=O)c3cccc4c([N+](=O)[O-])ccc(c34)C2=O)cc1. The molecular weight excluding hydrogens is 462 g/mol. The van der Waals surface area contributed by atoms with Crippen molar-refractivity contribution in [3.05, 3.63) is 117 Å². The molecule has 1 aliphatic heterocycles. The van der Waals surface area contributed by atoms with E-state index >= 15 is 0 Å². The number of nitriles is 1. The number of carbonyl (C=O) groups excluding carboxylic acids is 3. The molecule has 9 heteroatoms. The molecule has 0 saturated carbocycles. The van der Waals surface area contributed by atoms with Crippen molar-refractivity contribution in [3.63, 3.8) is 0 Å². The quantitative estimate of drug-likeness (QED) is 0.175. The molecule has 0 atom stereocenters. The summed E-state index contributed by atoms with van der Waals surface area (Å²) in [4.78, 5) is 50.8. The number of hydrogen-bond donors (Lipinski definition) is 0. The third-order valence-corrected chi connectivity index (χ3v) is 5.94. The molecule has 0 bridgehead atoms. The number of imide groups is 1. The third kappa shape index (κ3) is 3.63. The molecule has 2 amide bonds. The molecule has 0 aromatic heterocycles. The van der Waals surface area contributed by atoms with Crippen molar-refractivity contribution in [1.29, 1.82) is 5.26 Å². The second kappa shape index (κ2) is 8.77. The molecule has 0 fully saturated rings. The van der Waals surface area contributed by atoms with Crippen LogP contribution >= 0.6 is 0 Å². The fourth-order valence-corrected chi connectivity index (χ4v) is 4.20.